The monoisotopic (exact) mass is 1550 g/mol. The standard InChI is InChI=1S/C48H35N3S.C37H25F3N2O3S2.C12H11N.H2P/c1-7-19-36(20-8-1)49(37-21-9-2-10-22-37)42-31-32-47-44(33-42)45-34-43(50(38-23-11-3-12-24-38)39-25-13-4-14-26-39)35-46(48(45)52-47)51(40-27-15-5-16-28-40)41-29-17-6-18-30-41;38-37(39,40)47(43,44)45-31-24-33-32-23-30(41(26-13-5-1-6-14-26)27-15-7-2-8-16-27)21-22-35(32)46-36(33)34(25-31)42(28-17-9-3-10-18-28)29-19-11-4-12-20-29;1-3-7-11(8-4-1)13-12-9-5-2-6-10-12;/h1-35H;1-25H;1-10,13H;1H2/q;;;-1. The van der Waals surface area contributed by atoms with Crippen LogP contribution in [0.3, 0.4) is 0 Å². The van der Waals surface area contributed by atoms with E-state index in [1.165, 1.54) is 43.6 Å². The van der Waals surface area contributed by atoms with Crippen LogP contribution < -0.4 is 34.0 Å². The number of benzene rings is 16. The van der Waals surface area contributed by atoms with Gasteiger partial charge in [0.2, 0.25) is 0 Å². The number of para-hydroxylation sites is 12. The molecule has 2 aromatic heterocycles. The van der Waals surface area contributed by atoms with Crippen LogP contribution >= 0.6 is 32.6 Å². The zero-order valence-corrected chi connectivity index (χ0v) is 64.4. The summed E-state index contributed by atoms with van der Waals surface area (Å²) in [4.78, 5) is 11.1. The van der Waals surface area contributed by atoms with Crippen molar-refractivity contribution >= 4 is 180 Å². The Morgan fingerprint density at radius 3 is 0.779 bits per heavy atom. The minimum Gasteiger partial charge on any atom is -0.577 e. The summed E-state index contributed by atoms with van der Waals surface area (Å²) in [5.41, 5.74) is 11.2. The summed E-state index contributed by atoms with van der Waals surface area (Å²) < 4.78 is 74.1. The quantitative estimate of drug-likeness (QED) is 0.0484. The number of hydrogen-bond acceptors (Lipinski definition) is 11. The Morgan fingerprint density at radius 2 is 0.496 bits per heavy atom. The van der Waals surface area contributed by atoms with Crippen molar-refractivity contribution in [1.29, 1.82) is 0 Å². The van der Waals surface area contributed by atoms with Crippen molar-refractivity contribution in [3.63, 3.8) is 0 Å². The van der Waals surface area contributed by atoms with Crippen molar-refractivity contribution in [2.45, 2.75) is 5.51 Å². The van der Waals surface area contributed by atoms with Crippen LogP contribution in [0.4, 0.5) is 110 Å². The maximum absolute atomic E-state index is 13.6. The Morgan fingerprint density at radius 1 is 0.257 bits per heavy atom. The molecule has 16 aromatic carbocycles. The van der Waals surface area contributed by atoms with Gasteiger partial charge in [-0.3, -0.25) is 0 Å². The van der Waals surface area contributed by atoms with Gasteiger partial charge in [0.1, 0.15) is 5.75 Å². The summed E-state index contributed by atoms with van der Waals surface area (Å²) in [6, 6.07) is 143. The lowest BCUT2D eigenvalue weighted by Gasteiger charge is -2.30. The van der Waals surface area contributed by atoms with Crippen LogP contribution in [-0.2, 0) is 10.1 Å². The number of anilines is 17. The van der Waals surface area contributed by atoms with Gasteiger partial charge in [-0.1, -0.05) is 218 Å². The second-order valence-electron chi connectivity index (χ2n) is 26.1. The molecule has 16 heteroatoms. The molecule has 0 fully saturated rings. The van der Waals surface area contributed by atoms with Crippen LogP contribution in [-0.4, -0.2) is 13.9 Å². The first kappa shape index (κ1) is 75.2. The second-order valence-corrected chi connectivity index (χ2v) is 29.7. The highest BCUT2D eigenvalue weighted by Crippen LogP contribution is 2.52. The van der Waals surface area contributed by atoms with Gasteiger partial charge in [-0.15, -0.1) is 22.7 Å². The summed E-state index contributed by atoms with van der Waals surface area (Å²) in [6.07, 6.45) is 0. The molecule has 18 rings (SSSR count). The lowest BCUT2D eigenvalue weighted by molar-refractivity contribution is -0.0500. The number of rotatable bonds is 19. The van der Waals surface area contributed by atoms with E-state index in [1.54, 1.807) is 0 Å². The van der Waals surface area contributed by atoms with Crippen LogP contribution in [0.1, 0.15) is 0 Å². The number of fused-ring (bicyclic) bond motifs is 6. The molecule has 0 aliphatic rings. The van der Waals surface area contributed by atoms with Crippen LogP contribution in [0.5, 0.6) is 5.75 Å². The molecule has 0 saturated carbocycles. The van der Waals surface area contributed by atoms with Gasteiger partial charge in [0, 0.05) is 122 Å². The Labute approximate surface area is 666 Å². The first-order chi connectivity index (χ1) is 55.0. The zero-order valence-electron chi connectivity index (χ0n) is 60.8. The van der Waals surface area contributed by atoms with Gasteiger partial charge >= 0.3 is 15.6 Å². The molecule has 0 aliphatic heterocycles. The molecule has 0 bridgehead atoms. The fourth-order valence-corrected chi connectivity index (χ4v) is 16.6. The third-order valence-electron chi connectivity index (χ3n) is 18.8. The van der Waals surface area contributed by atoms with Crippen molar-refractivity contribution in [3.8, 4) is 5.75 Å². The van der Waals surface area contributed by atoms with E-state index in [2.05, 4.69) is 237 Å². The van der Waals surface area contributed by atoms with Crippen molar-refractivity contribution in [1.82, 2.24) is 0 Å². The molecule has 0 radical (unpaired) electrons. The predicted molar refractivity (Wildman–Crippen MR) is 474 cm³/mol. The molecule has 0 aliphatic carbocycles. The smallest absolute Gasteiger partial charge is 0.534 e. The Kier molecular flexibility index (Phi) is 22.8. The van der Waals surface area contributed by atoms with E-state index in [4.69, 9.17) is 4.18 Å². The SMILES string of the molecule is O=S(=O)(Oc1cc(N(c2ccccc2)c2ccccc2)c2sc3ccc(N(c4ccccc4)c4ccccc4)cc3c2c1)C(F)(F)F.[PH2-].c1ccc(N(c2ccccc2)c2ccc3sc4c(N(c5ccccc5)c5ccccc5)cc(N(c5ccccc5)c5ccccc5)cc4c3c2)cc1.c1ccc(Nc2ccccc2)cc1. The van der Waals surface area contributed by atoms with Gasteiger partial charge in [0.05, 0.1) is 20.8 Å². The molecular weight excluding hydrogens is 1480 g/mol. The van der Waals surface area contributed by atoms with E-state index < -0.39 is 21.4 Å². The van der Waals surface area contributed by atoms with Gasteiger partial charge < -0.3 is 43.9 Å². The minimum atomic E-state index is -5.94. The lowest BCUT2D eigenvalue weighted by Crippen LogP contribution is -2.28. The van der Waals surface area contributed by atoms with E-state index in [0.29, 0.717) is 11.1 Å². The Bertz CT molecular complexity index is 6030. The van der Waals surface area contributed by atoms with Gasteiger partial charge in [-0.05, 0) is 200 Å². The van der Waals surface area contributed by atoms with Crippen molar-refractivity contribution in [3.05, 3.63) is 425 Å². The van der Waals surface area contributed by atoms with Crippen molar-refractivity contribution in [2.24, 2.45) is 0 Å². The number of halogens is 3. The molecule has 113 heavy (non-hydrogen) atoms. The second kappa shape index (κ2) is 34.3. The highest BCUT2D eigenvalue weighted by molar-refractivity contribution is 7.88. The summed E-state index contributed by atoms with van der Waals surface area (Å²) >= 11 is 3.31. The van der Waals surface area contributed by atoms with Crippen LogP contribution in [0, 0.1) is 0 Å². The van der Waals surface area contributed by atoms with Gasteiger partial charge in [-0.25, -0.2) is 0 Å². The number of alkyl halides is 3. The maximum Gasteiger partial charge on any atom is 0.534 e. The molecule has 554 valence electrons. The fourth-order valence-electron chi connectivity index (χ4n) is 13.8. The van der Waals surface area contributed by atoms with E-state index in [0.717, 1.165) is 106 Å². The first-order valence-electron chi connectivity index (χ1n) is 36.4. The normalized spacial score (nSPS) is 11.1. The predicted octanol–water partition coefficient (Wildman–Crippen LogP) is 29.4. The highest BCUT2D eigenvalue weighted by Gasteiger charge is 2.49. The molecule has 18 aromatic rings. The molecule has 0 saturated heterocycles. The molecular formula is C97H73F3N6O3PS3-. The molecule has 0 amide bonds. The average Bonchev–Trinajstić information content (AvgIpc) is 1.58. The Balaban J connectivity index is 0.000000153. The lowest BCUT2D eigenvalue weighted by atomic mass is 10.1. The van der Waals surface area contributed by atoms with E-state index in [1.807, 2.05) is 216 Å². The van der Waals surface area contributed by atoms with Gasteiger partial charge in [-0.2, -0.15) is 21.6 Å². The third kappa shape index (κ3) is 16.8. The number of hydrogen-bond donors (Lipinski definition) is 1. The topological polar surface area (TPSA) is 71.6 Å². The van der Waals surface area contributed by atoms with Crippen molar-refractivity contribution in [2.75, 3.05) is 29.8 Å². The summed E-state index contributed by atoms with van der Waals surface area (Å²) in [5, 5.41) is 7.02. The largest absolute Gasteiger partial charge is 0.577 e. The molecule has 1 N–H and O–H groups in total. The van der Waals surface area contributed by atoms with Gasteiger partial charge in [0.25, 0.3) is 0 Å². The summed E-state index contributed by atoms with van der Waals surface area (Å²) in [7, 11) is -5.94. The van der Waals surface area contributed by atoms with E-state index in [-0.39, 0.29) is 9.90 Å². The summed E-state index contributed by atoms with van der Waals surface area (Å²) in [6.45, 7) is 0. The third-order valence-corrected chi connectivity index (χ3v) is 22.2. The van der Waals surface area contributed by atoms with Crippen molar-refractivity contribution < 1.29 is 25.8 Å². The van der Waals surface area contributed by atoms with Gasteiger partial charge in [0.15, 0.2) is 0 Å². The van der Waals surface area contributed by atoms with Crippen LogP contribution in [0.15, 0.2) is 425 Å². The average molecular weight is 1550 g/mol. The molecule has 0 spiro atoms. The number of nitrogens with zero attached hydrogens (tertiary/aromatic N) is 5. The Hall–Kier alpha value is -13.3. The van der Waals surface area contributed by atoms with Crippen LogP contribution in [0.2, 0.25) is 0 Å². The van der Waals surface area contributed by atoms with E-state index >= 15 is 0 Å². The number of nitrogens with one attached hydrogen (secondary N) is 1. The zero-order chi connectivity index (χ0) is 76.2. The number of thiophene rings is 2. The van der Waals surface area contributed by atoms with E-state index in [9.17, 15) is 21.6 Å². The summed E-state index contributed by atoms with van der Waals surface area (Å²) in [5.74, 6) is -0.449. The fraction of sp³-hybridized carbons (Fsp3) is 0.0103. The highest BCUT2D eigenvalue weighted by atomic mass is 32.2. The molecule has 9 nitrogen and oxygen atoms in total. The minimum absolute atomic E-state index is 0. The molecule has 2 heterocycles. The molecule has 0 atom stereocenters. The maximum atomic E-state index is 13.6. The molecule has 0 unspecified atom stereocenters. The first-order valence-corrected chi connectivity index (χ1v) is 39.4. The van der Waals surface area contributed by atoms with Crippen LogP contribution in [0.25, 0.3) is 40.3 Å².